The summed E-state index contributed by atoms with van der Waals surface area (Å²) < 4.78 is 4.67. The number of hydrazine groups is 1. The van der Waals surface area contributed by atoms with E-state index < -0.39 is 24.1 Å². The first-order valence-corrected chi connectivity index (χ1v) is 7.49. The molecule has 0 spiro atoms. The summed E-state index contributed by atoms with van der Waals surface area (Å²) in [6, 6.07) is -1.92. The van der Waals surface area contributed by atoms with Crippen LogP contribution in [0.3, 0.4) is 0 Å². The molecular weight excluding hydrogens is 288 g/mol. The molecule has 0 aromatic rings. The van der Waals surface area contributed by atoms with Crippen molar-refractivity contribution in [2.45, 2.75) is 51.7 Å². The molecule has 1 heterocycles. The van der Waals surface area contributed by atoms with Gasteiger partial charge in [-0.3, -0.25) is 19.4 Å². The Kier molecular flexibility index (Phi) is 6.76. The van der Waals surface area contributed by atoms with Gasteiger partial charge in [0.2, 0.25) is 5.91 Å². The standard InChI is InChI=1S/C14H26N4O4/c1-8(2)11(15)12(19)16-9(3)13(20)18-7-5-6-10(17-18)14(21)22-4/h8-11,17H,5-7,15H2,1-4H3,(H,16,19)/t9-,10?,11-/m0/s1. The first kappa shape index (κ1) is 18.4. The Morgan fingerprint density at radius 1 is 1.32 bits per heavy atom. The molecular formula is C14H26N4O4. The number of hydrogen-bond acceptors (Lipinski definition) is 6. The summed E-state index contributed by atoms with van der Waals surface area (Å²) in [6.45, 7) is 5.74. The van der Waals surface area contributed by atoms with Crippen LogP contribution in [0.15, 0.2) is 0 Å². The van der Waals surface area contributed by atoms with Gasteiger partial charge in [0, 0.05) is 6.54 Å². The molecule has 1 saturated heterocycles. The van der Waals surface area contributed by atoms with Gasteiger partial charge in [0.1, 0.15) is 12.1 Å². The molecule has 1 fully saturated rings. The smallest absolute Gasteiger partial charge is 0.324 e. The van der Waals surface area contributed by atoms with Gasteiger partial charge in [-0.1, -0.05) is 13.8 Å². The number of esters is 1. The van der Waals surface area contributed by atoms with Gasteiger partial charge in [-0.05, 0) is 25.7 Å². The van der Waals surface area contributed by atoms with Crippen molar-refractivity contribution < 1.29 is 19.1 Å². The van der Waals surface area contributed by atoms with Crippen molar-refractivity contribution in [3.63, 3.8) is 0 Å². The highest BCUT2D eigenvalue weighted by molar-refractivity contribution is 5.89. The Morgan fingerprint density at radius 3 is 2.50 bits per heavy atom. The minimum Gasteiger partial charge on any atom is -0.468 e. The average Bonchev–Trinajstić information content (AvgIpc) is 2.52. The zero-order chi connectivity index (χ0) is 16.9. The van der Waals surface area contributed by atoms with Crippen molar-refractivity contribution in [2.75, 3.05) is 13.7 Å². The van der Waals surface area contributed by atoms with E-state index in [1.54, 1.807) is 6.92 Å². The zero-order valence-electron chi connectivity index (χ0n) is 13.6. The van der Waals surface area contributed by atoms with E-state index in [0.717, 1.165) is 0 Å². The molecule has 2 amide bonds. The molecule has 0 radical (unpaired) electrons. The fourth-order valence-corrected chi connectivity index (χ4v) is 2.17. The summed E-state index contributed by atoms with van der Waals surface area (Å²) in [7, 11) is 1.31. The summed E-state index contributed by atoms with van der Waals surface area (Å²) >= 11 is 0. The van der Waals surface area contributed by atoms with Crippen LogP contribution in [0, 0.1) is 5.92 Å². The maximum atomic E-state index is 12.3. The predicted molar refractivity (Wildman–Crippen MR) is 80.3 cm³/mol. The van der Waals surface area contributed by atoms with Gasteiger partial charge in [0.05, 0.1) is 13.2 Å². The molecule has 0 aliphatic carbocycles. The Labute approximate surface area is 130 Å². The Balaban J connectivity index is 2.59. The van der Waals surface area contributed by atoms with Crippen LogP contribution in [0.25, 0.3) is 0 Å². The molecule has 8 nitrogen and oxygen atoms in total. The topological polar surface area (TPSA) is 114 Å². The largest absolute Gasteiger partial charge is 0.468 e. The van der Waals surface area contributed by atoms with Crippen LogP contribution in [0.1, 0.15) is 33.6 Å². The van der Waals surface area contributed by atoms with Crippen LogP contribution >= 0.6 is 0 Å². The maximum absolute atomic E-state index is 12.3. The normalized spacial score (nSPS) is 21.2. The van der Waals surface area contributed by atoms with E-state index in [-0.39, 0.29) is 17.7 Å². The molecule has 1 aliphatic heterocycles. The predicted octanol–water partition coefficient (Wildman–Crippen LogP) is -0.857. The lowest BCUT2D eigenvalue weighted by atomic mass is 10.0. The van der Waals surface area contributed by atoms with E-state index in [2.05, 4.69) is 15.5 Å². The SMILES string of the molecule is COC(=O)C1CCCN(C(=O)[C@H](C)NC(=O)[C@@H](N)C(C)C)N1. The molecule has 1 rings (SSSR count). The second kappa shape index (κ2) is 8.09. The molecule has 8 heteroatoms. The van der Waals surface area contributed by atoms with E-state index in [1.807, 2.05) is 13.8 Å². The van der Waals surface area contributed by atoms with E-state index in [9.17, 15) is 14.4 Å². The lowest BCUT2D eigenvalue weighted by Gasteiger charge is -2.34. The van der Waals surface area contributed by atoms with Crippen molar-refractivity contribution in [3.05, 3.63) is 0 Å². The zero-order valence-corrected chi connectivity index (χ0v) is 13.6. The molecule has 1 unspecified atom stereocenters. The number of rotatable bonds is 5. The summed E-state index contributed by atoms with van der Waals surface area (Å²) in [5.41, 5.74) is 8.59. The Bertz CT molecular complexity index is 427. The van der Waals surface area contributed by atoms with Crippen molar-refractivity contribution >= 4 is 17.8 Å². The first-order chi connectivity index (χ1) is 10.3. The number of nitrogens with two attached hydrogens (primary N) is 1. The third kappa shape index (κ3) is 4.67. The van der Waals surface area contributed by atoms with Crippen LogP contribution < -0.4 is 16.5 Å². The Morgan fingerprint density at radius 2 is 1.95 bits per heavy atom. The number of methoxy groups -OCH3 is 1. The highest BCUT2D eigenvalue weighted by Gasteiger charge is 2.31. The minimum atomic E-state index is -0.721. The monoisotopic (exact) mass is 314 g/mol. The summed E-state index contributed by atoms with van der Waals surface area (Å²) in [4.78, 5) is 35.8. The third-order valence-corrected chi connectivity index (χ3v) is 3.69. The van der Waals surface area contributed by atoms with Crippen LogP contribution in [-0.4, -0.2) is 54.6 Å². The maximum Gasteiger partial charge on any atom is 0.324 e. The number of carbonyl (C=O) groups is 3. The Hall–Kier alpha value is -1.67. The van der Waals surface area contributed by atoms with Gasteiger partial charge < -0.3 is 15.8 Å². The van der Waals surface area contributed by atoms with Crippen LogP contribution in [0.2, 0.25) is 0 Å². The van der Waals surface area contributed by atoms with Crippen LogP contribution in [0.4, 0.5) is 0 Å². The van der Waals surface area contributed by atoms with E-state index in [1.165, 1.54) is 12.1 Å². The lowest BCUT2D eigenvalue weighted by Crippen LogP contribution is -2.60. The van der Waals surface area contributed by atoms with Gasteiger partial charge in [-0.15, -0.1) is 0 Å². The van der Waals surface area contributed by atoms with E-state index in [4.69, 9.17) is 5.73 Å². The first-order valence-electron chi connectivity index (χ1n) is 7.49. The van der Waals surface area contributed by atoms with Crippen molar-refractivity contribution in [3.8, 4) is 0 Å². The molecule has 22 heavy (non-hydrogen) atoms. The molecule has 3 atom stereocenters. The fraction of sp³-hybridized carbons (Fsp3) is 0.786. The highest BCUT2D eigenvalue weighted by Crippen LogP contribution is 2.10. The number of carbonyl (C=O) groups excluding carboxylic acids is 3. The van der Waals surface area contributed by atoms with Crippen LogP contribution in [-0.2, 0) is 19.1 Å². The highest BCUT2D eigenvalue weighted by atomic mass is 16.5. The van der Waals surface area contributed by atoms with Gasteiger partial charge in [-0.25, -0.2) is 5.43 Å². The number of ether oxygens (including phenoxy) is 1. The number of amides is 2. The average molecular weight is 314 g/mol. The summed E-state index contributed by atoms with van der Waals surface area (Å²) in [5.74, 6) is -1.09. The number of hydrogen-bond donors (Lipinski definition) is 3. The summed E-state index contributed by atoms with van der Waals surface area (Å²) in [5, 5.41) is 3.96. The molecule has 0 aromatic carbocycles. The molecule has 1 aliphatic rings. The molecule has 126 valence electrons. The summed E-state index contributed by atoms with van der Waals surface area (Å²) in [6.07, 6.45) is 1.29. The molecule has 0 aromatic heterocycles. The van der Waals surface area contributed by atoms with Gasteiger partial charge >= 0.3 is 5.97 Å². The van der Waals surface area contributed by atoms with Gasteiger partial charge in [-0.2, -0.15) is 0 Å². The molecule has 0 saturated carbocycles. The van der Waals surface area contributed by atoms with Gasteiger partial charge in [0.25, 0.3) is 5.91 Å². The number of nitrogens with one attached hydrogen (secondary N) is 2. The van der Waals surface area contributed by atoms with Crippen LogP contribution in [0.5, 0.6) is 0 Å². The van der Waals surface area contributed by atoms with E-state index >= 15 is 0 Å². The quantitative estimate of drug-likeness (QED) is 0.569. The van der Waals surface area contributed by atoms with Gasteiger partial charge in [0.15, 0.2) is 0 Å². The van der Waals surface area contributed by atoms with Crippen molar-refractivity contribution in [1.29, 1.82) is 0 Å². The van der Waals surface area contributed by atoms with Crippen molar-refractivity contribution in [1.82, 2.24) is 15.8 Å². The molecule has 0 bridgehead atoms. The molecule has 4 N–H and O–H groups in total. The minimum absolute atomic E-state index is 0.0147. The lowest BCUT2D eigenvalue weighted by molar-refractivity contribution is -0.150. The van der Waals surface area contributed by atoms with Crippen molar-refractivity contribution in [2.24, 2.45) is 11.7 Å². The fourth-order valence-electron chi connectivity index (χ4n) is 2.17. The third-order valence-electron chi connectivity index (χ3n) is 3.69. The second-order valence-electron chi connectivity index (χ2n) is 5.84. The number of nitrogens with zero attached hydrogens (tertiary/aromatic N) is 1. The second-order valence-corrected chi connectivity index (χ2v) is 5.84. The van der Waals surface area contributed by atoms with E-state index in [0.29, 0.717) is 19.4 Å².